The fourth-order valence-electron chi connectivity index (χ4n) is 1.90. The van der Waals surface area contributed by atoms with E-state index in [4.69, 9.17) is 10.5 Å². The molecule has 0 saturated carbocycles. The molecule has 2 rings (SSSR count). The predicted octanol–water partition coefficient (Wildman–Crippen LogP) is 0.840. The van der Waals surface area contributed by atoms with Crippen molar-refractivity contribution in [3.63, 3.8) is 0 Å². The zero-order valence-corrected chi connectivity index (χ0v) is 9.81. The fourth-order valence-corrected chi connectivity index (χ4v) is 1.90. The van der Waals surface area contributed by atoms with Crippen molar-refractivity contribution in [1.82, 2.24) is 14.9 Å². The van der Waals surface area contributed by atoms with Crippen LogP contribution >= 0.6 is 0 Å². The maximum absolute atomic E-state index is 5.81. The second kappa shape index (κ2) is 4.65. The quantitative estimate of drug-likeness (QED) is 0.803. The molecule has 0 aromatic carbocycles. The molecule has 0 spiro atoms. The molecule has 1 saturated heterocycles. The molecule has 0 amide bonds. The highest BCUT2D eigenvalue weighted by atomic mass is 16.5. The maximum atomic E-state index is 5.81. The highest BCUT2D eigenvalue weighted by molar-refractivity contribution is 5.32. The third kappa shape index (κ3) is 2.82. The molecule has 16 heavy (non-hydrogen) atoms. The number of piperidine rings is 1. The van der Waals surface area contributed by atoms with Crippen LogP contribution in [0.5, 0.6) is 5.88 Å². The summed E-state index contributed by atoms with van der Waals surface area (Å²) in [6, 6.07) is 1.69. The number of likely N-dealkylation sites (tertiary alicyclic amines) is 1. The van der Waals surface area contributed by atoms with Gasteiger partial charge in [-0.3, -0.25) is 0 Å². The number of rotatable bonds is 2. The molecule has 88 valence electrons. The lowest BCUT2D eigenvalue weighted by atomic mass is 10.1. The van der Waals surface area contributed by atoms with E-state index in [-0.39, 0.29) is 6.10 Å². The molecular formula is C11H18N4O. The lowest BCUT2D eigenvalue weighted by molar-refractivity contribution is 0.110. The van der Waals surface area contributed by atoms with Gasteiger partial charge in [-0.15, -0.1) is 0 Å². The van der Waals surface area contributed by atoms with E-state index in [2.05, 4.69) is 21.9 Å². The van der Waals surface area contributed by atoms with Crippen LogP contribution in [0.4, 0.5) is 5.82 Å². The number of anilines is 1. The molecule has 1 aliphatic rings. The van der Waals surface area contributed by atoms with Crippen LogP contribution in [0.25, 0.3) is 0 Å². The van der Waals surface area contributed by atoms with E-state index in [0.717, 1.165) is 25.9 Å². The molecule has 2 N–H and O–H groups in total. The Bertz CT molecular complexity index is 341. The number of aromatic nitrogens is 2. The Kier molecular flexibility index (Phi) is 3.24. The summed E-state index contributed by atoms with van der Waals surface area (Å²) < 4.78 is 5.81. The topological polar surface area (TPSA) is 64.3 Å². The Balaban J connectivity index is 1.98. The monoisotopic (exact) mass is 222 g/mol. The van der Waals surface area contributed by atoms with Gasteiger partial charge in [0.05, 0.1) is 0 Å². The van der Waals surface area contributed by atoms with Crippen molar-refractivity contribution in [3.05, 3.63) is 11.9 Å². The van der Waals surface area contributed by atoms with Crippen LogP contribution in [-0.2, 0) is 0 Å². The number of nitrogens with zero attached hydrogens (tertiary/aromatic N) is 3. The summed E-state index contributed by atoms with van der Waals surface area (Å²) >= 11 is 0. The van der Waals surface area contributed by atoms with Gasteiger partial charge in [0.15, 0.2) is 0 Å². The van der Waals surface area contributed by atoms with Gasteiger partial charge in [0.2, 0.25) is 5.88 Å². The summed E-state index contributed by atoms with van der Waals surface area (Å²) in [5, 5.41) is 0. The molecule has 1 aliphatic heterocycles. The van der Waals surface area contributed by atoms with Crippen molar-refractivity contribution in [2.45, 2.75) is 25.9 Å². The van der Waals surface area contributed by atoms with Crippen molar-refractivity contribution in [3.8, 4) is 5.88 Å². The first-order valence-electron chi connectivity index (χ1n) is 5.60. The average molecular weight is 222 g/mol. The standard InChI is InChI=1S/C11H18N4O/c1-8-13-10(12)7-11(14-8)16-9-3-5-15(2)6-4-9/h7,9H,3-6H2,1-2H3,(H2,12,13,14). The first-order valence-corrected chi connectivity index (χ1v) is 5.60. The maximum Gasteiger partial charge on any atom is 0.218 e. The number of hydrogen-bond acceptors (Lipinski definition) is 5. The van der Waals surface area contributed by atoms with Crippen LogP contribution < -0.4 is 10.5 Å². The summed E-state index contributed by atoms with van der Waals surface area (Å²) in [4.78, 5) is 10.5. The number of hydrogen-bond donors (Lipinski definition) is 1. The molecule has 5 nitrogen and oxygen atoms in total. The Morgan fingerprint density at radius 2 is 2.06 bits per heavy atom. The van der Waals surface area contributed by atoms with Gasteiger partial charge in [0.1, 0.15) is 17.7 Å². The highest BCUT2D eigenvalue weighted by Crippen LogP contribution is 2.17. The van der Waals surface area contributed by atoms with Crippen LogP contribution in [0, 0.1) is 6.92 Å². The molecule has 0 atom stereocenters. The predicted molar refractivity (Wildman–Crippen MR) is 62.3 cm³/mol. The van der Waals surface area contributed by atoms with Gasteiger partial charge in [-0.2, -0.15) is 4.98 Å². The van der Waals surface area contributed by atoms with Crippen molar-refractivity contribution in [2.24, 2.45) is 0 Å². The number of aryl methyl sites for hydroxylation is 1. The van der Waals surface area contributed by atoms with Crippen LogP contribution in [0.1, 0.15) is 18.7 Å². The molecular weight excluding hydrogens is 204 g/mol. The molecule has 0 unspecified atom stereocenters. The summed E-state index contributed by atoms with van der Waals surface area (Å²) in [5.74, 6) is 1.72. The smallest absolute Gasteiger partial charge is 0.218 e. The zero-order chi connectivity index (χ0) is 11.5. The molecule has 0 aliphatic carbocycles. The van der Waals surface area contributed by atoms with Crippen molar-refractivity contribution in [2.75, 3.05) is 25.9 Å². The van der Waals surface area contributed by atoms with E-state index in [0.29, 0.717) is 17.5 Å². The van der Waals surface area contributed by atoms with E-state index in [1.165, 1.54) is 0 Å². The van der Waals surface area contributed by atoms with Crippen molar-refractivity contribution >= 4 is 5.82 Å². The summed E-state index contributed by atoms with van der Waals surface area (Å²) in [7, 11) is 2.13. The van der Waals surface area contributed by atoms with E-state index in [9.17, 15) is 0 Å². The van der Waals surface area contributed by atoms with Crippen LogP contribution in [0.15, 0.2) is 6.07 Å². The second-order valence-corrected chi connectivity index (χ2v) is 4.30. The normalized spacial score (nSPS) is 18.6. The van der Waals surface area contributed by atoms with Gasteiger partial charge in [0, 0.05) is 19.2 Å². The van der Waals surface area contributed by atoms with E-state index < -0.39 is 0 Å². The van der Waals surface area contributed by atoms with Crippen LogP contribution in [0.2, 0.25) is 0 Å². The first-order chi connectivity index (χ1) is 7.63. The Labute approximate surface area is 95.6 Å². The largest absolute Gasteiger partial charge is 0.474 e. The molecule has 1 aromatic heterocycles. The van der Waals surface area contributed by atoms with E-state index >= 15 is 0 Å². The molecule has 0 bridgehead atoms. The number of ether oxygens (including phenoxy) is 1. The van der Waals surface area contributed by atoms with Gasteiger partial charge in [-0.1, -0.05) is 0 Å². The summed E-state index contributed by atoms with van der Waals surface area (Å²) in [6.07, 6.45) is 2.34. The second-order valence-electron chi connectivity index (χ2n) is 4.30. The van der Waals surface area contributed by atoms with Crippen molar-refractivity contribution in [1.29, 1.82) is 0 Å². The minimum atomic E-state index is 0.255. The molecule has 1 fully saturated rings. The van der Waals surface area contributed by atoms with Gasteiger partial charge < -0.3 is 15.4 Å². The SMILES string of the molecule is Cc1nc(N)cc(OC2CCN(C)CC2)n1. The zero-order valence-electron chi connectivity index (χ0n) is 9.81. The average Bonchev–Trinajstić information content (AvgIpc) is 2.20. The number of nitrogen functional groups attached to an aromatic ring is 1. The lowest BCUT2D eigenvalue weighted by Crippen LogP contribution is -2.35. The lowest BCUT2D eigenvalue weighted by Gasteiger charge is -2.28. The molecule has 5 heteroatoms. The number of nitrogens with two attached hydrogens (primary N) is 1. The Morgan fingerprint density at radius 1 is 1.38 bits per heavy atom. The van der Waals surface area contributed by atoms with Gasteiger partial charge >= 0.3 is 0 Å². The van der Waals surface area contributed by atoms with Crippen LogP contribution in [0.3, 0.4) is 0 Å². The summed E-state index contributed by atoms with van der Waals surface area (Å²) in [5.41, 5.74) is 5.65. The summed E-state index contributed by atoms with van der Waals surface area (Å²) in [6.45, 7) is 3.96. The first kappa shape index (κ1) is 11.1. The van der Waals surface area contributed by atoms with Crippen molar-refractivity contribution < 1.29 is 4.74 Å². The van der Waals surface area contributed by atoms with Gasteiger partial charge in [0.25, 0.3) is 0 Å². The minimum absolute atomic E-state index is 0.255. The highest BCUT2D eigenvalue weighted by Gasteiger charge is 2.18. The third-order valence-electron chi connectivity index (χ3n) is 2.79. The Morgan fingerprint density at radius 3 is 2.69 bits per heavy atom. The van der Waals surface area contributed by atoms with E-state index in [1.807, 2.05) is 6.92 Å². The minimum Gasteiger partial charge on any atom is -0.474 e. The van der Waals surface area contributed by atoms with Gasteiger partial charge in [-0.25, -0.2) is 4.98 Å². The molecule has 0 radical (unpaired) electrons. The third-order valence-corrected chi connectivity index (χ3v) is 2.79. The van der Waals surface area contributed by atoms with Gasteiger partial charge in [-0.05, 0) is 26.8 Å². The Hall–Kier alpha value is -1.36. The molecule has 2 heterocycles. The van der Waals surface area contributed by atoms with E-state index in [1.54, 1.807) is 6.07 Å². The molecule has 1 aromatic rings. The fraction of sp³-hybridized carbons (Fsp3) is 0.636. The van der Waals surface area contributed by atoms with Crippen LogP contribution in [-0.4, -0.2) is 41.1 Å².